The molecule has 0 radical (unpaired) electrons. The maximum atomic E-state index is 9.53. The second-order valence-corrected chi connectivity index (χ2v) is 13.0. The molecule has 0 aliphatic carbocycles. The molecule has 0 fully saturated rings. The van der Waals surface area contributed by atoms with E-state index in [0.717, 1.165) is 55.7 Å². The van der Waals surface area contributed by atoms with Crippen LogP contribution in [0.5, 0.6) is 23.0 Å². The van der Waals surface area contributed by atoms with Gasteiger partial charge in [-0.25, -0.2) is 0 Å². The van der Waals surface area contributed by atoms with Gasteiger partial charge in [-0.1, -0.05) is 109 Å². The molecule has 2 aliphatic rings. The molecule has 0 unspecified atom stereocenters. The molecule has 0 bridgehead atoms. The number of ether oxygens (including phenoxy) is 2. The molecule has 3 heteroatoms. The van der Waals surface area contributed by atoms with Crippen molar-refractivity contribution in [1.82, 2.24) is 0 Å². The summed E-state index contributed by atoms with van der Waals surface area (Å²) in [6.45, 7) is 0. The number of rotatable bonds is 2. The Morgan fingerprint density at radius 3 is 1.46 bits per heavy atom. The quantitative estimate of drug-likeness (QED) is 0.178. The van der Waals surface area contributed by atoms with Crippen LogP contribution in [0.1, 0.15) is 5.56 Å². The number of nitrogens with zero attached hydrogens (tertiary/aromatic N) is 1. The van der Waals surface area contributed by atoms with Crippen molar-refractivity contribution in [3.8, 4) is 73.6 Å². The third-order valence-corrected chi connectivity index (χ3v) is 10.5. The van der Waals surface area contributed by atoms with Crippen molar-refractivity contribution in [2.75, 3.05) is 0 Å². The zero-order valence-electron chi connectivity index (χ0n) is 26.7. The Morgan fingerprint density at radius 2 is 0.780 bits per heavy atom. The molecule has 0 aromatic heterocycles. The van der Waals surface area contributed by atoms with E-state index >= 15 is 0 Å². The average Bonchev–Trinajstić information content (AvgIpc) is 3.17. The fraction of sp³-hybridized carbons (Fsp3) is 0. The standard InChI is InChI=1S/C47H25NO2/c48-26-27-19-20-29-30-14-7-15-35-39(23-24-42(46(30)35)50-43(29)25-27)45-33-12-3-1-10-31(33)44(32-11-2-4-13-34(32)45)38-22-21-37-28-9-5-6-17-40(28)49-41-18-8-16-36(38)47(37)41/h1-25H. The van der Waals surface area contributed by atoms with E-state index in [1.807, 2.05) is 30.3 Å². The zero-order valence-corrected chi connectivity index (χ0v) is 26.7. The first-order valence-electron chi connectivity index (χ1n) is 16.8. The molecule has 0 atom stereocenters. The summed E-state index contributed by atoms with van der Waals surface area (Å²) in [7, 11) is 0. The van der Waals surface area contributed by atoms with Gasteiger partial charge in [0.15, 0.2) is 0 Å². The smallest absolute Gasteiger partial charge is 0.136 e. The molecule has 9 aromatic carbocycles. The van der Waals surface area contributed by atoms with E-state index < -0.39 is 0 Å². The number of hydrogen-bond donors (Lipinski definition) is 0. The van der Waals surface area contributed by atoms with Gasteiger partial charge in [0.1, 0.15) is 23.0 Å². The first kappa shape index (κ1) is 27.1. The minimum atomic E-state index is 0.585. The Bertz CT molecular complexity index is 2950. The van der Waals surface area contributed by atoms with E-state index in [9.17, 15) is 5.26 Å². The monoisotopic (exact) mass is 635 g/mol. The van der Waals surface area contributed by atoms with E-state index in [1.54, 1.807) is 0 Å². The van der Waals surface area contributed by atoms with Crippen molar-refractivity contribution in [2.45, 2.75) is 0 Å². The summed E-state index contributed by atoms with van der Waals surface area (Å²) in [5.74, 6) is 3.30. The van der Waals surface area contributed by atoms with Crippen LogP contribution in [0.2, 0.25) is 0 Å². The van der Waals surface area contributed by atoms with E-state index in [4.69, 9.17) is 9.47 Å². The molecule has 0 spiro atoms. The molecule has 0 amide bonds. The van der Waals surface area contributed by atoms with Crippen molar-refractivity contribution in [1.29, 1.82) is 5.26 Å². The summed E-state index contributed by atoms with van der Waals surface area (Å²) in [5.41, 5.74) is 9.78. The lowest BCUT2D eigenvalue weighted by Gasteiger charge is -2.25. The van der Waals surface area contributed by atoms with Gasteiger partial charge >= 0.3 is 0 Å². The Kier molecular flexibility index (Phi) is 5.45. The summed E-state index contributed by atoms with van der Waals surface area (Å²) in [5, 5.41) is 18.9. The van der Waals surface area contributed by atoms with Gasteiger partial charge in [0.2, 0.25) is 0 Å². The van der Waals surface area contributed by atoms with E-state index in [1.165, 1.54) is 49.2 Å². The van der Waals surface area contributed by atoms with Crippen LogP contribution >= 0.6 is 0 Å². The van der Waals surface area contributed by atoms with Gasteiger partial charge in [-0.3, -0.25) is 0 Å². The van der Waals surface area contributed by atoms with Crippen LogP contribution in [0, 0.1) is 11.3 Å². The highest BCUT2D eigenvalue weighted by atomic mass is 16.5. The third kappa shape index (κ3) is 3.62. The lowest BCUT2D eigenvalue weighted by atomic mass is 9.82. The zero-order chi connectivity index (χ0) is 32.9. The van der Waals surface area contributed by atoms with Gasteiger partial charge in [-0.15, -0.1) is 0 Å². The highest BCUT2D eigenvalue weighted by molar-refractivity contribution is 6.27. The molecular formula is C47H25NO2. The highest BCUT2D eigenvalue weighted by Gasteiger charge is 2.26. The van der Waals surface area contributed by atoms with E-state index in [2.05, 4.69) is 127 Å². The Labute approximate surface area is 287 Å². The SMILES string of the molecule is N#Cc1ccc2c(c1)Oc1ccc(-c3c4ccccc4c(-c4ccc5c6c(cccc46)Oc4ccccc4-5)c4ccccc34)c3cccc-2c13. The van der Waals surface area contributed by atoms with Gasteiger partial charge in [0.25, 0.3) is 0 Å². The first-order chi connectivity index (χ1) is 24.8. The van der Waals surface area contributed by atoms with Crippen LogP contribution < -0.4 is 9.47 Å². The molecule has 0 N–H and O–H groups in total. The minimum Gasteiger partial charge on any atom is -0.456 e. The van der Waals surface area contributed by atoms with Crippen molar-refractivity contribution in [2.24, 2.45) is 0 Å². The first-order valence-corrected chi connectivity index (χ1v) is 16.8. The fourth-order valence-corrected chi connectivity index (χ4v) is 8.43. The Balaban J connectivity index is 1.22. The summed E-state index contributed by atoms with van der Waals surface area (Å²) in [6, 6.07) is 55.6. The number of hydrogen-bond acceptors (Lipinski definition) is 3. The number of benzene rings is 9. The maximum absolute atomic E-state index is 9.53. The number of para-hydroxylation sites is 1. The van der Waals surface area contributed by atoms with Gasteiger partial charge in [-0.2, -0.15) is 5.26 Å². The summed E-state index contributed by atoms with van der Waals surface area (Å²) in [6.07, 6.45) is 0. The summed E-state index contributed by atoms with van der Waals surface area (Å²) < 4.78 is 12.9. The maximum Gasteiger partial charge on any atom is 0.136 e. The molecule has 9 aromatic rings. The van der Waals surface area contributed by atoms with E-state index in [0.29, 0.717) is 11.3 Å². The largest absolute Gasteiger partial charge is 0.456 e. The average molecular weight is 636 g/mol. The molecule has 0 saturated heterocycles. The molecule has 2 aliphatic heterocycles. The number of fused-ring (bicyclic) bond motifs is 6. The number of nitriles is 1. The molecule has 3 nitrogen and oxygen atoms in total. The lowest BCUT2D eigenvalue weighted by Crippen LogP contribution is -1.99. The van der Waals surface area contributed by atoms with Crippen molar-refractivity contribution in [3.63, 3.8) is 0 Å². The Morgan fingerprint density at radius 1 is 0.340 bits per heavy atom. The normalized spacial score (nSPS) is 12.3. The molecule has 0 saturated carbocycles. The van der Waals surface area contributed by atoms with E-state index in [-0.39, 0.29) is 0 Å². The Hall–Kier alpha value is -6.89. The molecule has 11 rings (SSSR count). The van der Waals surface area contributed by atoms with Crippen LogP contribution in [0.3, 0.4) is 0 Å². The fourth-order valence-electron chi connectivity index (χ4n) is 8.43. The second kappa shape index (κ2) is 10.1. The predicted molar refractivity (Wildman–Crippen MR) is 203 cm³/mol. The topological polar surface area (TPSA) is 42.2 Å². The van der Waals surface area contributed by atoms with Crippen LogP contribution in [0.4, 0.5) is 0 Å². The lowest BCUT2D eigenvalue weighted by molar-refractivity contribution is 0.486. The second-order valence-electron chi connectivity index (χ2n) is 13.0. The van der Waals surface area contributed by atoms with Crippen LogP contribution in [-0.2, 0) is 0 Å². The summed E-state index contributed by atoms with van der Waals surface area (Å²) >= 11 is 0. The van der Waals surface area contributed by atoms with Crippen molar-refractivity contribution < 1.29 is 9.47 Å². The minimum absolute atomic E-state index is 0.585. The van der Waals surface area contributed by atoms with Gasteiger partial charge < -0.3 is 9.47 Å². The van der Waals surface area contributed by atoms with Crippen molar-refractivity contribution >= 4 is 43.1 Å². The van der Waals surface area contributed by atoms with Gasteiger partial charge in [0.05, 0.1) is 11.6 Å². The summed E-state index contributed by atoms with van der Waals surface area (Å²) in [4.78, 5) is 0. The highest BCUT2D eigenvalue weighted by Crippen LogP contribution is 2.53. The third-order valence-electron chi connectivity index (χ3n) is 10.5. The molecule has 230 valence electrons. The van der Waals surface area contributed by atoms with Crippen LogP contribution in [-0.4, -0.2) is 0 Å². The van der Waals surface area contributed by atoms with Gasteiger partial charge in [0, 0.05) is 21.9 Å². The van der Waals surface area contributed by atoms with Crippen LogP contribution in [0.25, 0.3) is 87.6 Å². The van der Waals surface area contributed by atoms with Crippen LogP contribution in [0.15, 0.2) is 152 Å². The van der Waals surface area contributed by atoms with Crippen molar-refractivity contribution in [3.05, 3.63) is 157 Å². The molecular weight excluding hydrogens is 611 g/mol. The molecule has 50 heavy (non-hydrogen) atoms. The predicted octanol–water partition coefficient (Wildman–Crippen LogP) is 13.1. The molecule has 2 heterocycles. The van der Waals surface area contributed by atoms with Gasteiger partial charge in [-0.05, 0) is 108 Å².